The molecule has 0 aromatic heterocycles. The average Bonchev–Trinajstić information content (AvgIpc) is 2.58. The van der Waals surface area contributed by atoms with Crippen molar-refractivity contribution in [3.8, 4) is 11.8 Å². The van der Waals surface area contributed by atoms with Gasteiger partial charge in [0.1, 0.15) is 5.75 Å². The third kappa shape index (κ3) is 5.66. The van der Waals surface area contributed by atoms with Crippen molar-refractivity contribution >= 4 is 37.8 Å². The highest BCUT2D eigenvalue weighted by atomic mass is 79.9. The van der Waals surface area contributed by atoms with E-state index in [1.54, 1.807) is 11.0 Å². The van der Waals surface area contributed by atoms with Crippen molar-refractivity contribution in [3.63, 3.8) is 0 Å². The molecule has 0 fully saturated rings. The van der Waals surface area contributed by atoms with Crippen LogP contribution in [0.25, 0.3) is 0 Å². The highest BCUT2D eigenvalue weighted by Crippen LogP contribution is 2.28. The smallest absolute Gasteiger partial charge is 0.260 e. The quantitative estimate of drug-likeness (QED) is 0.621. The van der Waals surface area contributed by atoms with Crippen LogP contribution in [0.2, 0.25) is 0 Å². The lowest BCUT2D eigenvalue weighted by Gasteiger charge is -2.22. The molecule has 2 rings (SSSR count). The lowest BCUT2D eigenvalue weighted by Crippen LogP contribution is -2.35. The van der Waals surface area contributed by atoms with Gasteiger partial charge in [0.25, 0.3) is 5.91 Å². The Bertz CT molecular complexity index is 730. The Morgan fingerprint density at radius 3 is 2.58 bits per heavy atom. The molecule has 6 heteroatoms. The number of hydrogen-bond donors (Lipinski definition) is 0. The molecule has 1 amide bonds. The summed E-state index contributed by atoms with van der Waals surface area (Å²) in [6.45, 7) is 0.778. The molecule has 0 N–H and O–H groups in total. The summed E-state index contributed by atoms with van der Waals surface area (Å²) in [7, 11) is 0. The van der Waals surface area contributed by atoms with E-state index in [1.807, 2.05) is 42.5 Å². The number of carbonyl (C=O) groups excluding carboxylic acids is 1. The number of carbonyl (C=O) groups is 1. The summed E-state index contributed by atoms with van der Waals surface area (Å²) in [6.07, 6.45) is 0.292. The minimum atomic E-state index is -0.149. The summed E-state index contributed by atoms with van der Waals surface area (Å²) < 4.78 is 7.31. The normalized spacial score (nSPS) is 10.0. The molecule has 124 valence electrons. The zero-order valence-electron chi connectivity index (χ0n) is 12.9. The van der Waals surface area contributed by atoms with E-state index in [1.165, 1.54) is 0 Å². The fraction of sp³-hybridized carbons (Fsp3) is 0.222. The predicted molar refractivity (Wildman–Crippen MR) is 99.4 cm³/mol. The van der Waals surface area contributed by atoms with Crippen LogP contribution in [-0.2, 0) is 11.3 Å². The number of benzene rings is 2. The molecule has 0 saturated heterocycles. The van der Waals surface area contributed by atoms with Crippen molar-refractivity contribution < 1.29 is 9.53 Å². The van der Waals surface area contributed by atoms with Crippen LogP contribution in [0.4, 0.5) is 0 Å². The van der Waals surface area contributed by atoms with E-state index in [9.17, 15) is 4.79 Å². The van der Waals surface area contributed by atoms with E-state index in [-0.39, 0.29) is 12.5 Å². The van der Waals surface area contributed by atoms with E-state index in [2.05, 4.69) is 37.9 Å². The second kappa shape index (κ2) is 9.45. The van der Waals surface area contributed by atoms with Gasteiger partial charge in [-0.25, -0.2) is 0 Å². The molecule has 2 aromatic carbocycles. The summed E-state index contributed by atoms with van der Waals surface area (Å²) in [5.41, 5.74) is 1.02. The van der Waals surface area contributed by atoms with E-state index in [0.29, 0.717) is 25.3 Å². The van der Waals surface area contributed by atoms with Gasteiger partial charge in [0, 0.05) is 17.6 Å². The van der Waals surface area contributed by atoms with Gasteiger partial charge in [-0.1, -0.05) is 46.3 Å². The summed E-state index contributed by atoms with van der Waals surface area (Å²) in [6, 6.07) is 17.3. The van der Waals surface area contributed by atoms with E-state index in [0.717, 1.165) is 14.5 Å². The molecule has 0 spiro atoms. The van der Waals surface area contributed by atoms with E-state index >= 15 is 0 Å². The topological polar surface area (TPSA) is 53.3 Å². The number of nitrogens with zero attached hydrogens (tertiary/aromatic N) is 2. The van der Waals surface area contributed by atoms with Crippen LogP contribution < -0.4 is 4.74 Å². The van der Waals surface area contributed by atoms with Crippen molar-refractivity contribution in [2.45, 2.75) is 13.0 Å². The Balaban J connectivity index is 2.00. The molecular formula is C18H16Br2N2O2. The van der Waals surface area contributed by atoms with Gasteiger partial charge in [-0.3, -0.25) is 4.79 Å². The van der Waals surface area contributed by atoms with Crippen molar-refractivity contribution in [2.24, 2.45) is 0 Å². The summed E-state index contributed by atoms with van der Waals surface area (Å²) in [4.78, 5) is 14.1. The zero-order chi connectivity index (χ0) is 17.4. The number of ether oxygens (including phenoxy) is 1. The van der Waals surface area contributed by atoms with Crippen LogP contribution in [-0.4, -0.2) is 24.0 Å². The number of amides is 1. The predicted octanol–water partition coefficient (Wildman–Crippen LogP) is 4.53. The van der Waals surface area contributed by atoms with Crippen molar-refractivity contribution in [1.82, 2.24) is 4.90 Å². The fourth-order valence-electron chi connectivity index (χ4n) is 2.10. The third-order valence-electron chi connectivity index (χ3n) is 3.31. The first-order valence-electron chi connectivity index (χ1n) is 7.36. The Morgan fingerprint density at radius 2 is 1.92 bits per heavy atom. The third-order valence-corrected chi connectivity index (χ3v) is 4.42. The highest BCUT2D eigenvalue weighted by molar-refractivity contribution is 9.11. The Morgan fingerprint density at radius 1 is 1.17 bits per heavy atom. The van der Waals surface area contributed by atoms with Gasteiger partial charge in [-0.15, -0.1) is 0 Å². The van der Waals surface area contributed by atoms with Crippen LogP contribution in [0, 0.1) is 11.3 Å². The monoisotopic (exact) mass is 450 g/mol. The van der Waals surface area contributed by atoms with Gasteiger partial charge >= 0.3 is 0 Å². The Labute approximate surface area is 158 Å². The fourth-order valence-corrected chi connectivity index (χ4v) is 3.27. The summed E-state index contributed by atoms with van der Waals surface area (Å²) in [5, 5.41) is 8.80. The van der Waals surface area contributed by atoms with Crippen LogP contribution in [0.1, 0.15) is 12.0 Å². The molecule has 0 heterocycles. The lowest BCUT2D eigenvalue weighted by atomic mass is 10.2. The van der Waals surface area contributed by atoms with Gasteiger partial charge in [-0.2, -0.15) is 5.26 Å². The molecule has 0 aliphatic carbocycles. The minimum absolute atomic E-state index is 0.0709. The first kappa shape index (κ1) is 18.5. The number of rotatable bonds is 7. The molecule has 0 bridgehead atoms. The maximum absolute atomic E-state index is 12.5. The molecule has 2 aromatic rings. The van der Waals surface area contributed by atoms with Gasteiger partial charge in [0.15, 0.2) is 6.61 Å². The van der Waals surface area contributed by atoms with Crippen molar-refractivity contribution in [1.29, 1.82) is 5.26 Å². The average molecular weight is 452 g/mol. The number of hydrogen-bond acceptors (Lipinski definition) is 3. The summed E-state index contributed by atoms with van der Waals surface area (Å²) in [5.74, 6) is 0.454. The minimum Gasteiger partial charge on any atom is -0.483 e. The van der Waals surface area contributed by atoms with Gasteiger partial charge in [0.2, 0.25) is 0 Å². The van der Waals surface area contributed by atoms with Gasteiger partial charge in [-0.05, 0) is 39.7 Å². The van der Waals surface area contributed by atoms with E-state index in [4.69, 9.17) is 10.00 Å². The molecule has 0 radical (unpaired) electrons. The zero-order valence-corrected chi connectivity index (χ0v) is 16.1. The van der Waals surface area contributed by atoms with Crippen molar-refractivity contribution in [3.05, 3.63) is 63.0 Å². The molecule has 4 nitrogen and oxygen atoms in total. The maximum Gasteiger partial charge on any atom is 0.260 e. The van der Waals surface area contributed by atoms with Crippen molar-refractivity contribution in [2.75, 3.05) is 13.2 Å². The first-order valence-corrected chi connectivity index (χ1v) is 8.95. The van der Waals surface area contributed by atoms with Crippen LogP contribution in [0.15, 0.2) is 57.5 Å². The molecular weight excluding hydrogens is 436 g/mol. The standard InChI is InChI=1S/C18H16Br2N2O2/c19-15-7-8-17(16(20)11-15)24-13-18(23)22(10-4-9-21)12-14-5-2-1-3-6-14/h1-3,5-8,11H,4,10,12-13H2. The number of halogens is 2. The molecule has 0 saturated carbocycles. The first-order chi connectivity index (χ1) is 11.6. The Hall–Kier alpha value is -1.84. The van der Waals surface area contributed by atoms with E-state index < -0.39 is 0 Å². The van der Waals surface area contributed by atoms with Crippen LogP contribution in [0.3, 0.4) is 0 Å². The van der Waals surface area contributed by atoms with Gasteiger partial charge in [0.05, 0.1) is 17.0 Å². The Kier molecular flexibility index (Phi) is 7.29. The maximum atomic E-state index is 12.5. The lowest BCUT2D eigenvalue weighted by molar-refractivity contribution is -0.133. The van der Waals surface area contributed by atoms with Crippen LogP contribution in [0.5, 0.6) is 5.75 Å². The largest absolute Gasteiger partial charge is 0.483 e. The SMILES string of the molecule is N#CCCN(Cc1ccccc1)C(=O)COc1ccc(Br)cc1Br. The van der Waals surface area contributed by atoms with Gasteiger partial charge < -0.3 is 9.64 Å². The highest BCUT2D eigenvalue weighted by Gasteiger charge is 2.15. The second-order valence-electron chi connectivity index (χ2n) is 5.07. The second-order valence-corrected chi connectivity index (χ2v) is 6.84. The van der Waals surface area contributed by atoms with Crippen LogP contribution >= 0.6 is 31.9 Å². The number of nitriles is 1. The molecule has 24 heavy (non-hydrogen) atoms. The molecule has 0 atom stereocenters. The molecule has 0 aliphatic rings. The molecule has 0 aliphatic heterocycles. The summed E-state index contributed by atoms with van der Waals surface area (Å²) >= 11 is 6.78. The molecule has 0 unspecified atom stereocenters.